The van der Waals surface area contributed by atoms with Crippen molar-refractivity contribution in [2.75, 3.05) is 6.61 Å². The van der Waals surface area contributed by atoms with Crippen LogP contribution in [-0.4, -0.2) is 17.8 Å². The van der Waals surface area contributed by atoms with Gasteiger partial charge in [0.1, 0.15) is 5.25 Å². The summed E-state index contributed by atoms with van der Waals surface area (Å²) >= 11 is 1.50. The average molecular weight is 253 g/mol. The van der Waals surface area contributed by atoms with Gasteiger partial charge in [-0.25, -0.2) is 0 Å². The van der Waals surface area contributed by atoms with Gasteiger partial charge in [0.25, 0.3) is 0 Å². The van der Waals surface area contributed by atoms with Crippen LogP contribution >= 0.6 is 11.8 Å². The van der Waals surface area contributed by atoms with E-state index in [0.29, 0.717) is 6.61 Å². The van der Waals surface area contributed by atoms with E-state index >= 15 is 0 Å². The van der Waals surface area contributed by atoms with Crippen molar-refractivity contribution >= 4 is 17.7 Å². The highest BCUT2D eigenvalue weighted by Crippen LogP contribution is 2.25. The summed E-state index contributed by atoms with van der Waals surface area (Å²) in [6.45, 7) is 6.03. The van der Waals surface area contributed by atoms with Crippen LogP contribution in [0.1, 0.15) is 32.4 Å². The van der Waals surface area contributed by atoms with Crippen molar-refractivity contribution in [3.05, 3.63) is 29.8 Å². The Labute approximate surface area is 107 Å². The van der Waals surface area contributed by atoms with Gasteiger partial charge in [-0.2, -0.15) is 0 Å². The van der Waals surface area contributed by atoms with Crippen molar-refractivity contribution in [2.45, 2.75) is 37.0 Å². The molecule has 3 nitrogen and oxygen atoms in total. The third kappa shape index (κ3) is 4.40. The molecule has 94 valence electrons. The number of hydrogen-bond donors (Lipinski definition) is 1. The monoisotopic (exact) mass is 253 g/mol. The van der Waals surface area contributed by atoms with Gasteiger partial charge < -0.3 is 10.5 Å². The minimum absolute atomic E-state index is 0.0385. The highest BCUT2D eigenvalue weighted by atomic mass is 32.2. The van der Waals surface area contributed by atoms with Crippen molar-refractivity contribution in [1.82, 2.24) is 0 Å². The second-order valence-corrected chi connectivity index (χ2v) is 5.28. The number of hydrogen-bond acceptors (Lipinski definition) is 4. The summed E-state index contributed by atoms with van der Waals surface area (Å²) in [5, 5.41) is -0.184. The largest absolute Gasteiger partial charge is 0.465 e. The number of thioether (sulfide) groups is 1. The predicted octanol–water partition coefficient (Wildman–Crippen LogP) is 2.75. The van der Waals surface area contributed by atoms with E-state index in [4.69, 9.17) is 10.5 Å². The van der Waals surface area contributed by atoms with Crippen LogP contribution in [0.2, 0.25) is 0 Å². The maximum atomic E-state index is 11.5. The first-order chi connectivity index (χ1) is 8.04. The quantitative estimate of drug-likeness (QED) is 0.647. The van der Waals surface area contributed by atoms with Crippen LogP contribution in [0, 0.1) is 0 Å². The summed E-state index contributed by atoms with van der Waals surface area (Å²) < 4.78 is 4.96. The number of carbonyl (C=O) groups is 1. The van der Waals surface area contributed by atoms with Crippen molar-refractivity contribution in [3.63, 3.8) is 0 Å². The molecule has 0 saturated heterocycles. The van der Waals surface area contributed by atoms with Crippen molar-refractivity contribution in [1.29, 1.82) is 0 Å². The molecule has 0 heterocycles. The molecule has 1 aromatic carbocycles. The second kappa shape index (κ2) is 6.67. The van der Waals surface area contributed by atoms with Crippen LogP contribution < -0.4 is 5.73 Å². The highest BCUT2D eigenvalue weighted by molar-refractivity contribution is 8.00. The van der Waals surface area contributed by atoms with E-state index in [2.05, 4.69) is 0 Å². The van der Waals surface area contributed by atoms with Crippen LogP contribution in [0.3, 0.4) is 0 Å². The SMILES string of the molecule is CCOC(=O)C(C)Sc1ccc(C(C)N)cc1. The summed E-state index contributed by atoms with van der Waals surface area (Å²) in [5.41, 5.74) is 6.87. The van der Waals surface area contributed by atoms with Gasteiger partial charge in [0, 0.05) is 10.9 Å². The molecule has 0 radical (unpaired) electrons. The Morgan fingerprint density at radius 2 is 1.94 bits per heavy atom. The van der Waals surface area contributed by atoms with Crippen LogP contribution in [0.25, 0.3) is 0 Å². The average Bonchev–Trinajstić information content (AvgIpc) is 2.30. The fourth-order valence-electron chi connectivity index (χ4n) is 1.36. The minimum Gasteiger partial charge on any atom is -0.465 e. The summed E-state index contributed by atoms with van der Waals surface area (Å²) in [7, 11) is 0. The molecule has 0 saturated carbocycles. The lowest BCUT2D eigenvalue weighted by Gasteiger charge is -2.11. The van der Waals surface area contributed by atoms with Gasteiger partial charge in [-0.15, -0.1) is 11.8 Å². The molecule has 0 aliphatic heterocycles. The molecule has 4 heteroatoms. The van der Waals surface area contributed by atoms with Gasteiger partial charge in [-0.3, -0.25) is 4.79 Å². The first-order valence-corrected chi connectivity index (χ1v) is 6.61. The van der Waals surface area contributed by atoms with Gasteiger partial charge in [0.05, 0.1) is 6.61 Å². The molecular formula is C13H19NO2S. The van der Waals surface area contributed by atoms with E-state index in [1.54, 1.807) is 0 Å². The lowest BCUT2D eigenvalue weighted by Crippen LogP contribution is -2.16. The number of benzene rings is 1. The summed E-state index contributed by atoms with van der Waals surface area (Å²) in [6, 6.07) is 7.99. The fourth-order valence-corrected chi connectivity index (χ4v) is 2.23. The topological polar surface area (TPSA) is 52.3 Å². The number of rotatable bonds is 5. The van der Waals surface area contributed by atoms with E-state index in [-0.39, 0.29) is 17.3 Å². The summed E-state index contributed by atoms with van der Waals surface area (Å²) in [4.78, 5) is 12.5. The standard InChI is InChI=1S/C13H19NO2S/c1-4-16-13(15)10(3)17-12-7-5-11(6-8-12)9(2)14/h5-10H,4,14H2,1-3H3. The molecule has 2 unspecified atom stereocenters. The Morgan fingerprint density at radius 1 is 1.35 bits per heavy atom. The van der Waals surface area contributed by atoms with E-state index < -0.39 is 0 Å². The molecule has 1 aromatic rings. The number of esters is 1. The third-order valence-corrected chi connectivity index (χ3v) is 3.43. The molecule has 17 heavy (non-hydrogen) atoms. The van der Waals surface area contributed by atoms with Gasteiger partial charge >= 0.3 is 5.97 Å². The lowest BCUT2D eigenvalue weighted by molar-refractivity contribution is -0.142. The summed E-state index contributed by atoms with van der Waals surface area (Å²) in [5.74, 6) is -0.172. The molecule has 0 spiro atoms. The molecule has 2 atom stereocenters. The molecule has 0 bridgehead atoms. The predicted molar refractivity (Wildman–Crippen MR) is 71.0 cm³/mol. The second-order valence-electron chi connectivity index (χ2n) is 3.87. The van der Waals surface area contributed by atoms with Crippen LogP contribution in [0.4, 0.5) is 0 Å². The molecule has 0 aliphatic carbocycles. The maximum absolute atomic E-state index is 11.5. The third-order valence-electron chi connectivity index (χ3n) is 2.34. The molecule has 0 amide bonds. The van der Waals surface area contributed by atoms with Gasteiger partial charge in [0.15, 0.2) is 0 Å². The summed E-state index contributed by atoms with van der Waals surface area (Å²) in [6.07, 6.45) is 0. The van der Waals surface area contributed by atoms with Gasteiger partial charge in [0.2, 0.25) is 0 Å². The molecule has 0 aliphatic rings. The number of nitrogens with two attached hydrogens (primary N) is 1. The van der Waals surface area contributed by atoms with Crippen molar-refractivity contribution in [2.24, 2.45) is 5.73 Å². The number of carbonyl (C=O) groups excluding carboxylic acids is 1. The van der Waals surface area contributed by atoms with E-state index in [1.165, 1.54) is 11.8 Å². The Morgan fingerprint density at radius 3 is 2.41 bits per heavy atom. The maximum Gasteiger partial charge on any atom is 0.319 e. The van der Waals surface area contributed by atoms with Crippen molar-refractivity contribution < 1.29 is 9.53 Å². The van der Waals surface area contributed by atoms with Crippen molar-refractivity contribution in [3.8, 4) is 0 Å². The Hall–Kier alpha value is -1.00. The Bertz CT molecular complexity index is 362. The smallest absolute Gasteiger partial charge is 0.319 e. The minimum atomic E-state index is -0.184. The Balaban J connectivity index is 2.60. The molecular weight excluding hydrogens is 234 g/mol. The highest BCUT2D eigenvalue weighted by Gasteiger charge is 2.15. The van der Waals surface area contributed by atoms with Gasteiger partial charge in [-0.1, -0.05) is 12.1 Å². The molecule has 2 N–H and O–H groups in total. The van der Waals surface area contributed by atoms with Gasteiger partial charge in [-0.05, 0) is 38.5 Å². The zero-order valence-corrected chi connectivity index (χ0v) is 11.3. The molecule has 0 aromatic heterocycles. The molecule has 0 fully saturated rings. The van der Waals surface area contributed by atoms with Crippen LogP contribution in [0.5, 0.6) is 0 Å². The van der Waals surface area contributed by atoms with Crippen LogP contribution in [-0.2, 0) is 9.53 Å². The van der Waals surface area contributed by atoms with E-state index in [0.717, 1.165) is 10.5 Å². The lowest BCUT2D eigenvalue weighted by atomic mass is 10.1. The normalized spacial score (nSPS) is 14.1. The first kappa shape index (κ1) is 14.1. The molecule has 1 rings (SSSR count). The van der Waals surface area contributed by atoms with Crippen LogP contribution in [0.15, 0.2) is 29.2 Å². The Kier molecular flexibility index (Phi) is 5.51. The number of ether oxygens (including phenoxy) is 1. The first-order valence-electron chi connectivity index (χ1n) is 5.73. The zero-order chi connectivity index (χ0) is 12.8. The van der Waals surface area contributed by atoms with E-state index in [9.17, 15) is 4.79 Å². The fraction of sp³-hybridized carbons (Fsp3) is 0.462. The zero-order valence-electron chi connectivity index (χ0n) is 10.5. The van der Waals surface area contributed by atoms with E-state index in [1.807, 2.05) is 45.0 Å².